The van der Waals surface area contributed by atoms with E-state index in [1.54, 1.807) is 7.05 Å². The van der Waals surface area contributed by atoms with Crippen LogP contribution in [0.4, 0.5) is 5.13 Å². The number of carbonyl (C=O) groups excluding carboxylic acids is 3. The van der Waals surface area contributed by atoms with Crippen LogP contribution in [-0.2, 0) is 37.6 Å². The van der Waals surface area contributed by atoms with Gasteiger partial charge in [-0.3, -0.25) is 9.59 Å². The number of nitrogens with two attached hydrogens (primary N) is 1. The van der Waals surface area contributed by atoms with Crippen LogP contribution >= 0.6 is 23.6 Å². The summed E-state index contributed by atoms with van der Waals surface area (Å²) in [6.45, 7) is 3.54. The van der Waals surface area contributed by atoms with Gasteiger partial charge in [0.05, 0.1) is 13.1 Å². The second-order valence-corrected chi connectivity index (χ2v) is 7.97. The molecule has 1 aliphatic rings. The largest absolute Gasteiger partial charge is 0.457 e. The molecule has 16 heteroatoms. The summed E-state index contributed by atoms with van der Waals surface area (Å²) in [5.41, 5.74) is 5.66. The number of amides is 2. The standard InChI is InChI=1S/C18H21N9O5S2/c1-4-7-32-16(30)12(5-6-27-18(33)25(2)23-24-27)26-8-10(15(26)29)20-14(28)13(22-31-3)11-9-34-17(19)21-11/h4-5,9-10H,1,6-8H2,2-3H3,(H2,19,21)(H,20,28)/b12-5+,22-13+. The fourth-order valence-corrected chi connectivity index (χ4v) is 3.52. The van der Waals surface area contributed by atoms with E-state index in [-0.39, 0.29) is 41.9 Å². The van der Waals surface area contributed by atoms with Crippen molar-refractivity contribution in [2.24, 2.45) is 12.2 Å². The molecule has 1 fully saturated rings. The first kappa shape index (κ1) is 24.7. The van der Waals surface area contributed by atoms with Crippen molar-refractivity contribution >= 4 is 52.2 Å². The Bertz CT molecular complexity index is 1230. The number of ether oxygens (including phenoxy) is 1. The number of aryl methyl sites for hydroxylation is 1. The van der Waals surface area contributed by atoms with Gasteiger partial charge in [0, 0.05) is 12.4 Å². The maximum atomic E-state index is 12.8. The van der Waals surface area contributed by atoms with Crippen molar-refractivity contribution in [3.63, 3.8) is 0 Å². The molecule has 3 heterocycles. The highest BCUT2D eigenvalue weighted by molar-refractivity contribution is 7.71. The summed E-state index contributed by atoms with van der Waals surface area (Å²) >= 11 is 6.30. The van der Waals surface area contributed by atoms with E-state index in [4.69, 9.17) is 27.5 Å². The van der Waals surface area contributed by atoms with E-state index in [9.17, 15) is 14.4 Å². The van der Waals surface area contributed by atoms with E-state index in [0.29, 0.717) is 4.77 Å². The summed E-state index contributed by atoms with van der Waals surface area (Å²) in [5.74, 6) is -1.95. The second kappa shape index (κ2) is 10.8. The predicted octanol–water partition coefficient (Wildman–Crippen LogP) is -0.624. The molecule has 1 atom stereocenters. The molecule has 2 amide bonds. The van der Waals surface area contributed by atoms with Crippen LogP contribution in [0.1, 0.15) is 5.69 Å². The third-order valence-corrected chi connectivity index (χ3v) is 5.62. The zero-order chi connectivity index (χ0) is 24.8. The number of aromatic nitrogens is 5. The van der Waals surface area contributed by atoms with Gasteiger partial charge in [-0.05, 0) is 28.7 Å². The van der Waals surface area contributed by atoms with Crippen LogP contribution in [0.2, 0.25) is 0 Å². The molecule has 0 spiro atoms. The van der Waals surface area contributed by atoms with E-state index < -0.39 is 23.8 Å². The Morgan fingerprint density at radius 1 is 1.47 bits per heavy atom. The van der Waals surface area contributed by atoms with E-state index in [1.165, 1.54) is 38.9 Å². The van der Waals surface area contributed by atoms with Gasteiger partial charge in [-0.2, -0.15) is 0 Å². The van der Waals surface area contributed by atoms with Crippen molar-refractivity contribution in [3.05, 3.63) is 40.3 Å². The molecule has 0 bridgehead atoms. The number of esters is 1. The van der Waals surface area contributed by atoms with Crippen LogP contribution in [0.5, 0.6) is 0 Å². The third kappa shape index (κ3) is 5.34. The zero-order valence-corrected chi connectivity index (χ0v) is 19.8. The molecule has 3 rings (SSSR count). The van der Waals surface area contributed by atoms with Gasteiger partial charge in [0.1, 0.15) is 31.1 Å². The van der Waals surface area contributed by atoms with Crippen molar-refractivity contribution in [2.75, 3.05) is 26.0 Å². The predicted molar refractivity (Wildman–Crippen MR) is 123 cm³/mol. The first-order chi connectivity index (χ1) is 16.3. The van der Waals surface area contributed by atoms with Crippen molar-refractivity contribution in [2.45, 2.75) is 12.6 Å². The van der Waals surface area contributed by atoms with Gasteiger partial charge in [0.25, 0.3) is 11.8 Å². The summed E-state index contributed by atoms with van der Waals surface area (Å²) in [6.07, 6.45) is 2.85. The number of nitrogens with zero attached hydrogens (tertiary/aromatic N) is 7. The highest BCUT2D eigenvalue weighted by atomic mass is 32.1. The lowest BCUT2D eigenvalue weighted by Crippen LogP contribution is -2.64. The molecule has 3 N–H and O–H groups in total. The van der Waals surface area contributed by atoms with Crippen molar-refractivity contribution in [3.8, 4) is 0 Å². The van der Waals surface area contributed by atoms with Crippen LogP contribution in [0, 0.1) is 4.77 Å². The Balaban J connectivity index is 1.73. The number of rotatable bonds is 10. The summed E-state index contributed by atoms with van der Waals surface area (Å²) in [5, 5.41) is 15.7. The average molecular weight is 508 g/mol. The number of oxime groups is 1. The molecular formula is C18H21N9O5S2. The van der Waals surface area contributed by atoms with Crippen LogP contribution in [0.3, 0.4) is 0 Å². The van der Waals surface area contributed by atoms with Crippen LogP contribution < -0.4 is 11.1 Å². The summed E-state index contributed by atoms with van der Waals surface area (Å²) < 4.78 is 8.16. The number of thiazole rings is 1. The minimum absolute atomic E-state index is 0.0188. The molecule has 0 aromatic carbocycles. The van der Waals surface area contributed by atoms with Crippen molar-refractivity contribution in [1.82, 2.24) is 35.0 Å². The molecule has 1 aliphatic heterocycles. The van der Waals surface area contributed by atoms with Crippen molar-refractivity contribution in [1.29, 1.82) is 0 Å². The highest BCUT2D eigenvalue weighted by Crippen LogP contribution is 2.20. The number of tetrazole rings is 1. The molecule has 0 aliphatic carbocycles. The third-order valence-electron chi connectivity index (χ3n) is 4.47. The Labute approximate surface area is 202 Å². The zero-order valence-electron chi connectivity index (χ0n) is 18.2. The number of nitrogen functional groups attached to an aromatic ring is 1. The minimum Gasteiger partial charge on any atom is -0.457 e. The number of hydrogen-bond acceptors (Lipinski definition) is 12. The van der Waals surface area contributed by atoms with E-state index in [1.807, 2.05) is 0 Å². The SMILES string of the molecule is C=CCOC(=O)/C(=C\Cn1nnn(C)c1=S)N1CC(NC(=O)/C(=N/OC)c2csc(N)n2)C1=O. The van der Waals surface area contributed by atoms with Gasteiger partial charge < -0.3 is 25.5 Å². The Morgan fingerprint density at radius 2 is 2.24 bits per heavy atom. The number of nitrogens with one attached hydrogen (secondary N) is 1. The number of likely N-dealkylation sites (tertiary alicyclic amines) is 1. The van der Waals surface area contributed by atoms with Gasteiger partial charge >= 0.3 is 5.97 Å². The molecule has 2 aromatic heterocycles. The molecule has 0 radical (unpaired) electrons. The molecule has 180 valence electrons. The van der Waals surface area contributed by atoms with Gasteiger partial charge in [-0.25, -0.2) is 19.1 Å². The maximum Gasteiger partial charge on any atom is 0.355 e. The van der Waals surface area contributed by atoms with Gasteiger partial charge in [0.15, 0.2) is 10.8 Å². The monoisotopic (exact) mass is 507 g/mol. The molecule has 1 saturated heterocycles. The lowest BCUT2D eigenvalue weighted by Gasteiger charge is -2.39. The molecule has 0 saturated carbocycles. The molecule has 14 nitrogen and oxygen atoms in total. The maximum absolute atomic E-state index is 12.8. The summed E-state index contributed by atoms with van der Waals surface area (Å²) in [6, 6.07) is -0.903. The van der Waals surface area contributed by atoms with Crippen LogP contribution in [-0.4, -0.2) is 79.5 Å². The quantitative estimate of drug-likeness (QED) is 0.0802. The van der Waals surface area contributed by atoms with E-state index >= 15 is 0 Å². The number of hydrogen-bond donors (Lipinski definition) is 2. The van der Waals surface area contributed by atoms with Gasteiger partial charge in [0.2, 0.25) is 4.77 Å². The van der Waals surface area contributed by atoms with Crippen molar-refractivity contribution < 1.29 is 24.0 Å². The Hall–Kier alpha value is -3.92. The fourth-order valence-electron chi connectivity index (χ4n) is 2.82. The molecule has 2 aromatic rings. The topological polar surface area (TPSA) is 172 Å². The summed E-state index contributed by atoms with van der Waals surface area (Å²) in [7, 11) is 2.90. The van der Waals surface area contributed by atoms with Crippen LogP contribution in [0.25, 0.3) is 0 Å². The fraction of sp³-hybridized carbons (Fsp3) is 0.333. The minimum atomic E-state index is -0.903. The van der Waals surface area contributed by atoms with E-state index in [2.05, 4.69) is 32.5 Å². The molecule has 1 unspecified atom stereocenters. The number of β-lactam (4-membered cyclic amide) rings is 1. The highest BCUT2D eigenvalue weighted by Gasteiger charge is 2.42. The Kier molecular flexibility index (Phi) is 7.85. The first-order valence-corrected chi connectivity index (χ1v) is 10.9. The molecular weight excluding hydrogens is 486 g/mol. The lowest BCUT2D eigenvalue weighted by atomic mass is 10.1. The van der Waals surface area contributed by atoms with Crippen LogP contribution in [0.15, 0.2) is 35.0 Å². The first-order valence-electron chi connectivity index (χ1n) is 9.66. The normalized spacial score (nSPS) is 16.1. The lowest BCUT2D eigenvalue weighted by molar-refractivity contribution is -0.150. The summed E-state index contributed by atoms with van der Waals surface area (Å²) in [4.78, 5) is 47.9. The van der Waals surface area contributed by atoms with Gasteiger partial charge in [-0.1, -0.05) is 17.8 Å². The number of allylic oxidation sites excluding steroid dienone is 1. The number of carbonyl (C=O) groups is 3. The average Bonchev–Trinajstić information content (AvgIpc) is 3.39. The molecule has 34 heavy (non-hydrogen) atoms. The second-order valence-electron chi connectivity index (χ2n) is 6.71. The van der Waals surface area contributed by atoms with Gasteiger partial charge in [-0.15, -0.1) is 11.3 Å². The Morgan fingerprint density at radius 3 is 2.79 bits per heavy atom. The van der Waals surface area contributed by atoms with E-state index in [0.717, 1.165) is 11.3 Å². The smallest absolute Gasteiger partial charge is 0.355 e. The number of anilines is 1.